The lowest BCUT2D eigenvalue weighted by molar-refractivity contribution is -0.217. The summed E-state index contributed by atoms with van der Waals surface area (Å²) in [6.45, 7) is 0. The number of nitrogens with zero attached hydrogens (tertiary/aromatic N) is 1. The van der Waals surface area contributed by atoms with Crippen LogP contribution in [0.25, 0.3) is 0 Å². The summed E-state index contributed by atoms with van der Waals surface area (Å²) in [5, 5.41) is 17.6. The molecule has 0 spiro atoms. The van der Waals surface area contributed by atoms with Gasteiger partial charge in [0, 0.05) is 0 Å². The van der Waals surface area contributed by atoms with Gasteiger partial charge in [-0.3, -0.25) is 4.79 Å². The van der Waals surface area contributed by atoms with Crippen molar-refractivity contribution < 1.29 is 27.8 Å². The van der Waals surface area contributed by atoms with Crippen molar-refractivity contribution >= 4 is 5.97 Å². The number of ether oxygens (including phenoxy) is 1. The number of benzene rings is 1. The first-order chi connectivity index (χ1) is 8.82. The molecule has 1 aliphatic rings. The average Bonchev–Trinajstić information content (AvgIpc) is 2.35. The third-order valence-corrected chi connectivity index (χ3v) is 2.89. The molecule has 0 radical (unpaired) electrons. The highest BCUT2D eigenvalue weighted by Crippen LogP contribution is 2.38. The Balaban J connectivity index is 2.42. The van der Waals surface area contributed by atoms with Gasteiger partial charge in [0.25, 0.3) is 0 Å². The molecule has 100 valence electrons. The Kier molecular flexibility index (Phi) is 3.10. The molecule has 1 aliphatic heterocycles. The molecule has 0 fully saturated rings. The Bertz CT molecular complexity index is 562. The van der Waals surface area contributed by atoms with Gasteiger partial charge in [-0.15, -0.1) is 0 Å². The van der Waals surface area contributed by atoms with Crippen LogP contribution in [0.1, 0.15) is 11.1 Å². The van der Waals surface area contributed by atoms with Crippen LogP contribution < -0.4 is 4.74 Å². The third-order valence-electron chi connectivity index (χ3n) is 2.89. The normalized spacial score (nSPS) is 22.0. The average molecular weight is 271 g/mol. The van der Waals surface area contributed by atoms with E-state index < -0.39 is 24.2 Å². The molecule has 1 aromatic rings. The fourth-order valence-corrected chi connectivity index (χ4v) is 2.00. The molecule has 2 rings (SSSR count). The molecule has 0 bridgehead atoms. The molecule has 1 heterocycles. The summed E-state index contributed by atoms with van der Waals surface area (Å²) >= 11 is 0. The maximum Gasteiger partial charge on any atom is 0.426 e. The van der Waals surface area contributed by atoms with Crippen molar-refractivity contribution in [1.82, 2.24) is 0 Å². The number of hydrogen-bond acceptors (Lipinski definition) is 3. The van der Waals surface area contributed by atoms with Crippen LogP contribution in [0.5, 0.6) is 5.75 Å². The highest BCUT2D eigenvalue weighted by atomic mass is 19.4. The molecule has 0 saturated carbocycles. The Morgan fingerprint density at radius 2 is 2.16 bits per heavy atom. The van der Waals surface area contributed by atoms with E-state index in [0.29, 0.717) is 5.56 Å². The summed E-state index contributed by atoms with van der Waals surface area (Å²) in [5.74, 6) is -3.31. The minimum absolute atomic E-state index is 0.0289. The lowest BCUT2D eigenvalue weighted by Crippen LogP contribution is -2.47. The first-order valence-corrected chi connectivity index (χ1v) is 5.32. The molecule has 0 aromatic heterocycles. The summed E-state index contributed by atoms with van der Waals surface area (Å²) in [5.41, 5.74) is 0.545. The van der Waals surface area contributed by atoms with Crippen molar-refractivity contribution in [2.75, 3.05) is 0 Å². The van der Waals surface area contributed by atoms with E-state index in [0.717, 1.165) is 0 Å². The molecule has 7 heteroatoms. The van der Waals surface area contributed by atoms with Crippen LogP contribution in [0.4, 0.5) is 13.2 Å². The molecule has 19 heavy (non-hydrogen) atoms. The standard InChI is InChI=1S/C12H8F3NO3/c13-12(14,15)10-8(11(17)18)4-7-3-6(5-16)1-2-9(7)19-10/h1-3,8,10H,4H2,(H,17,18)/t8-,10+/m1/s1. The lowest BCUT2D eigenvalue weighted by Gasteiger charge is -2.32. The van der Waals surface area contributed by atoms with Crippen molar-refractivity contribution in [2.24, 2.45) is 5.92 Å². The van der Waals surface area contributed by atoms with Crippen LogP contribution in [-0.2, 0) is 11.2 Å². The number of carbonyl (C=O) groups is 1. The summed E-state index contributed by atoms with van der Waals surface area (Å²) in [7, 11) is 0. The van der Waals surface area contributed by atoms with Crippen LogP contribution in [0.3, 0.4) is 0 Å². The predicted molar refractivity (Wildman–Crippen MR) is 56.5 cm³/mol. The van der Waals surface area contributed by atoms with Crippen molar-refractivity contribution in [3.8, 4) is 11.8 Å². The number of carboxylic acids is 1. The quantitative estimate of drug-likeness (QED) is 0.849. The smallest absolute Gasteiger partial charge is 0.426 e. The first-order valence-electron chi connectivity index (χ1n) is 5.32. The van der Waals surface area contributed by atoms with Crippen molar-refractivity contribution in [1.29, 1.82) is 5.26 Å². The molecule has 0 aliphatic carbocycles. The topological polar surface area (TPSA) is 70.3 Å². The lowest BCUT2D eigenvalue weighted by atomic mass is 9.89. The van der Waals surface area contributed by atoms with Crippen molar-refractivity contribution in [2.45, 2.75) is 18.7 Å². The van der Waals surface area contributed by atoms with E-state index in [1.54, 1.807) is 0 Å². The summed E-state index contributed by atoms with van der Waals surface area (Å²) in [4.78, 5) is 10.9. The Labute approximate surface area is 106 Å². The fourth-order valence-electron chi connectivity index (χ4n) is 2.00. The third kappa shape index (κ3) is 2.47. The second kappa shape index (κ2) is 4.46. The molecule has 0 saturated heterocycles. The van der Waals surface area contributed by atoms with Gasteiger partial charge in [-0.25, -0.2) is 0 Å². The monoisotopic (exact) mass is 271 g/mol. The molecule has 0 unspecified atom stereocenters. The van der Waals surface area contributed by atoms with Gasteiger partial charge in [0.1, 0.15) is 11.7 Å². The second-order valence-corrected chi connectivity index (χ2v) is 4.16. The van der Waals surface area contributed by atoms with Crippen molar-refractivity contribution in [3.63, 3.8) is 0 Å². The van der Waals surface area contributed by atoms with Gasteiger partial charge in [-0.05, 0) is 30.2 Å². The van der Waals surface area contributed by atoms with Gasteiger partial charge >= 0.3 is 12.1 Å². The Hall–Kier alpha value is -2.23. The van der Waals surface area contributed by atoms with E-state index in [4.69, 9.17) is 15.1 Å². The van der Waals surface area contributed by atoms with Gasteiger partial charge < -0.3 is 9.84 Å². The Morgan fingerprint density at radius 3 is 2.68 bits per heavy atom. The largest absolute Gasteiger partial charge is 0.481 e. The molecule has 2 atom stereocenters. The number of halogens is 3. The van der Waals surface area contributed by atoms with E-state index in [1.165, 1.54) is 18.2 Å². The zero-order chi connectivity index (χ0) is 14.2. The number of hydrogen-bond donors (Lipinski definition) is 1. The van der Waals surface area contributed by atoms with Crippen LogP contribution in [0.2, 0.25) is 0 Å². The molecule has 1 N–H and O–H groups in total. The first kappa shape index (κ1) is 13.2. The number of rotatable bonds is 1. The van der Waals surface area contributed by atoms with Crippen molar-refractivity contribution in [3.05, 3.63) is 29.3 Å². The van der Waals surface area contributed by atoms with Crippen LogP contribution in [0, 0.1) is 17.2 Å². The number of alkyl halides is 3. The summed E-state index contributed by atoms with van der Waals surface area (Å²) in [6.07, 6.45) is -7.44. The Morgan fingerprint density at radius 1 is 1.47 bits per heavy atom. The number of nitriles is 1. The predicted octanol–water partition coefficient (Wildman–Crippen LogP) is 2.12. The number of aliphatic carboxylic acids is 1. The SMILES string of the molecule is N#Cc1ccc2c(c1)C[C@@H](C(=O)O)[C@@H](C(F)(F)F)O2. The highest BCUT2D eigenvalue weighted by Gasteiger charge is 2.52. The van der Waals surface area contributed by atoms with Crippen LogP contribution in [-0.4, -0.2) is 23.4 Å². The van der Waals surface area contributed by atoms with Crippen LogP contribution >= 0.6 is 0 Å². The molecular formula is C12H8F3NO3. The maximum atomic E-state index is 12.8. The van der Waals surface area contributed by atoms with Gasteiger partial charge in [0.2, 0.25) is 6.10 Å². The fraction of sp³-hybridized carbons (Fsp3) is 0.333. The van der Waals surface area contributed by atoms with E-state index in [1.807, 2.05) is 6.07 Å². The molecule has 0 amide bonds. The molecule has 4 nitrogen and oxygen atoms in total. The number of fused-ring (bicyclic) bond motifs is 1. The van der Waals surface area contributed by atoms with E-state index in [9.17, 15) is 18.0 Å². The minimum Gasteiger partial charge on any atom is -0.481 e. The van der Waals surface area contributed by atoms with Gasteiger partial charge in [0.05, 0.1) is 11.6 Å². The van der Waals surface area contributed by atoms with Crippen LogP contribution in [0.15, 0.2) is 18.2 Å². The second-order valence-electron chi connectivity index (χ2n) is 4.16. The zero-order valence-electron chi connectivity index (χ0n) is 9.44. The number of carboxylic acid groups (broad SMARTS) is 1. The van der Waals surface area contributed by atoms with Gasteiger partial charge in [0.15, 0.2) is 0 Å². The van der Waals surface area contributed by atoms with Gasteiger partial charge in [-0.2, -0.15) is 18.4 Å². The molecule has 1 aromatic carbocycles. The minimum atomic E-state index is -4.76. The maximum absolute atomic E-state index is 12.8. The molecular weight excluding hydrogens is 263 g/mol. The van der Waals surface area contributed by atoms with E-state index in [2.05, 4.69) is 0 Å². The van der Waals surface area contributed by atoms with E-state index >= 15 is 0 Å². The zero-order valence-corrected chi connectivity index (χ0v) is 9.44. The van der Waals surface area contributed by atoms with Gasteiger partial charge in [-0.1, -0.05) is 0 Å². The van der Waals surface area contributed by atoms with E-state index in [-0.39, 0.29) is 17.7 Å². The highest BCUT2D eigenvalue weighted by molar-refractivity contribution is 5.72. The summed E-state index contributed by atoms with van der Waals surface area (Å²) < 4.78 is 43.0. The summed E-state index contributed by atoms with van der Waals surface area (Å²) in [6, 6.07) is 5.76.